The highest BCUT2D eigenvalue weighted by molar-refractivity contribution is 6.01. The zero-order valence-corrected chi connectivity index (χ0v) is 16.7. The van der Waals surface area contributed by atoms with Gasteiger partial charge in [0.15, 0.2) is 6.10 Å². The molecule has 0 radical (unpaired) electrons. The molecule has 0 bridgehead atoms. The maximum Gasteiger partial charge on any atom is 0.407 e. The number of hydrogen-bond acceptors (Lipinski definition) is 5. The third-order valence-corrected chi connectivity index (χ3v) is 3.78. The summed E-state index contributed by atoms with van der Waals surface area (Å²) in [7, 11) is 0. The van der Waals surface area contributed by atoms with E-state index in [0.29, 0.717) is 5.56 Å². The van der Waals surface area contributed by atoms with Gasteiger partial charge in [-0.1, -0.05) is 6.07 Å². The highest BCUT2D eigenvalue weighted by Crippen LogP contribution is 2.18. The minimum Gasteiger partial charge on any atom is -0.454 e. The van der Waals surface area contributed by atoms with Crippen LogP contribution in [-0.4, -0.2) is 36.1 Å². The molecule has 0 saturated carbocycles. The average Bonchev–Trinajstić information content (AvgIpc) is 2.48. The van der Waals surface area contributed by atoms with Crippen LogP contribution in [-0.2, 0) is 14.3 Å². The first-order chi connectivity index (χ1) is 11.9. The van der Waals surface area contributed by atoms with Gasteiger partial charge in [-0.15, -0.1) is 0 Å². The largest absolute Gasteiger partial charge is 0.454 e. The molecule has 0 aliphatic rings. The summed E-state index contributed by atoms with van der Waals surface area (Å²) in [5.74, 6) is -0.789. The van der Waals surface area contributed by atoms with Crippen LogP contribution < -0.4 is 5.32 Å². The third-order valence-electron chi connectivity index (χ3n) is 3.78. The molecule has 26 heavy (non-hydrogen) atoms. The van der Waals surface area contributed by atoms with Gasteiger partial charge in [-0.25, -0.2) is 4.79 Å². The SMILES string of the molecule is Cc1cc(C)c(C(=O)[C@@H](C)OC(=O)CCNC(=O)OC(C)(C)C)cc1C. The predicted octanol–water partition coefficient (Wildman–Crippen LogP) is 3.64. The lowest BCUT2D eigenvalue weighted by Gasteiger charge is -2.19. The molecule has 1 amide bonds. The zero-order valence-electron chi connectivity index (χ0n) is 16.7. The van der Waals surface area contributed by atoms with Crippen LogP contribution in [0.5, 0.6) is 0 Å². The van der Waals surface area contributed by atoms with Crippen LogP contribution in [0.1, 0.15) is 61.2 Å². The number of alkyl carbamates (subject to hydrolysis) is 1. The molecule has 1 aromatic rings. The van der Waals surface area contributed by atoms with Crippen molar-refractivity contribution in [1.29, 1.82) is 0 Å². The first kappa shape index (κ1) is 21.7. The predicted molar refractivity (Wildman–Crippen MR) is 99.4 cm³/mol. The molecule has 0 aliphatic heterocycles. The van der Waals surface area contributed by atoms with Gasteiger partial charge in [0.25, 0.3) is 0 Å². The summed E-state index contributed by atoms with van der Waals surface area (Å²) in [5.41, 5.74) is 2.93. The smallest absolute Gasteiger partial charge is 0.407 e. The van der Waals surface area contributed by atoms with Crippen molar-refractivity contribution < 1.29 is 23.9 Å². The van der Waals surface area contributed by atoms with Crippen LogP contribution in [0.2, 0.25) is 0 Å². The van der Waals surface area contributed by atoms with Crippen molar-refractivity contribution in [2.45, 2.75) is 66.6 Å². The second-order valence-electron chi connectivity index (χ2n) is 7.43. The molecule has 1 rings (SSSR count). The van der Waals surface area contributed by atoms with Crippen LogP contribution in [0, 0.1) is 20.8 Å². The van der Waals surface area contributed by atoms with E-state index in [1.807, 2.05) is 32.9 Å². The van der Waals surface area contributed by atoms with Crippen LogP contribution in [0.3, 0.4) is 0 Å². The maximum absolute atomic E-state index is 12.5. The number of aryl methyl sites for hydroxylation is 3. The lowest BCUT2D eigenvalue weighted by Crippen LogP contribution is -2.34. The molecular weight excluding hydrogens is 334 g/mol. The van der Waals surface area contributed by atoms with Crippen molar-refractivity contribution in [3.05, 3.63) is 34.4 Å². The fourth-order valence-electron chi connectivity index (χ4n) is 2.34. The van der Waals surface area contributed by atoms with Gasteiger partial charge in [-0.3, -0.25) is 9.59 Å². The van der Waals surface area contributed by atoms with Gasteiger partial charge in [0.05, 0.1) is 6.42 Å². The molecule has 6 nitrogen and oxygen atoms in total. The number of nitrogens with one attached hydrogen (secondary N) is 1. The zero-order chi connectivity index (χ0) is 20.1. The summed E-state index contributed by atoms with van der Waals surface area (Å²) in [6, 6.07) is 3.77. The van der Waals surface area contributed by atoms with Crippen molar-refractivity contribution in [2.24, 2.45) is 0 Å². The standard InChI is InChI=1S/C20H29NO5/c1-12-10-14(3)16(11-13(12)2)18(23)15(4)25-17(22)8-9-21-19(24)26-20(5,6)7/h10-11,15H,8-9H2,1-7H3,(H,21,24)/t15-/m1/s1. The number of carbonyl (C=O) groups excluding carboxylic acids is 3. The quantitative estimate of drug-likeness (QED) is 0.616. The van der Waals surface area contributed by atoms with Gasteiger partial charge < -0.3 is 14.8 Å². The second kappa shape index (κ2) is 8.83. The fourth-order valence-corrected chi connectivity index (χ4v) is 2.34. The van der Waals surface area contributed by atoms with Gasteiger partial charge in [0.1, 0.15) is 5.60 Å². The average molecular weight is 363 g/mol. The summed E-state index contributed by atoms with van der Waals surface area (Å²) in [4.78, 5) is 35.9. The summed E-state index contributed by atoms with van der Waals surface area (Å²) in [5, 5.41) is 2.48. The number of esters is 1. The number of rotatable bonds is 6. The van der Waals surface area contributed by atoms with Crippen molar-refractivity contribution in [2.75, 3.05) is 6.54 Å². The molecule has 1 atom stereocenters. The Kier molecular flexibility index (Phi) is 7.36. The van der Waals surface area contributed by atoms with Gasteiger partial charge in [0.2, 0.25) is 5.78 Å². The summed E-state index contributed by atoms with van der Waals surface area (Å²) in [6.45, 7) is 12.7. The molecule has 0 heterocycles. The first-order valence-corrected chi connectivity index (χ1v) is 8.69. The van der Waals surface area contributed by atoms with Gasteiger partial charge in [-0.2, -0.15) is 0 Å². The Balaban J connectivity index is 2.53. The Morgan fingerprint density at radius 1 is 1.04 bits per heavy atom. The Hall–Kier alpha value is -2.37. The Labute approximate surface area is 155 Å². The minimum absolute atomic E-state index is 0.0389. The number of ketones is 1. The third kappa shape index (κ3) is 6.86. The highest BCUT2D eigenvalue weighted by Gasteiger charge is 2.22. The lowest BCUT2D eigenvalue weighted by molar-refractivity contribution is -0.146. The monoisotopic (exact) mass is 363 g/mol. The molecular formula is C20H29NO5. The van der Waals surface area contributed by atoms with E-state index in [-0.39, 0.29) is 18.7 Å². The number of carbonyl (C=O) groups is 3. The second-order valence-corrected chi connectivity index (χ2v) is 7.43. The van der Waals surface area contributed by atoms with E-state index in [0.717, 1.165) is 16.7 Å². The first-order valence-electron chi connectivity index (χ1n) is 8.69. The molecule has 0 saturated heterocycles. The topological polar surface area (TPSA) is 81.7 Å². The number of benzene rings is 1. The van der Waals surface area contributed by atoms with Gasteiger partial charge >= 0.3 is 12.1 Å². The maximum atomic E-state index is 12.5. The van der Waals surface area contributed by atoms with E-state index >= 15 is 0 Å². The molecule has 0 fully saturated rings. The van der Waals surface area contributed by atoms with Crippen molar-refractivity contribution in [3.8, 4) is 0 Å². The van der Waals surface area contributed by atoms with E-state index in [1.165, 1.54) is 0 Å². The van der Waals surface area contributed by atoms with Crippen LogP contribution in [0.15, 0.2) is 12.1 Å². The summed E-state index contributed by atoms with van der Waals surface area (Å²) in [6.07, 6.45) is -1.52. The van der Waals surface area contributed by atoms with Gasteiger partial charge in [0, 0.05) is 12.1 Å². The van der Waals surface area contributed by atoms with E-state index in [2.05, 4.69) is 5.32 Å². The highest BCUT2D eigenvalue weighted by atomic mass is 16.6. The normalized spacial score (nSPS) is 12.3. The summed E-state index contributed by atoms with van der Waals surface area (Å²) < 4.78 is 10.3. The van der Waals surface area contributed by atoms with Gasteiger partial charge in [-0.05, 0) is 71.2 Å². The summed E-state index contributed by atoms with van der Waals surface area (Å²) >= 11 is 0. The molecule has 6 heteroatoms. The van der Waals surface area contributed by atoms with Crippen molar-refractivity contribution in [1.82, 2.24) is 5.32 Å². The van der Waals surface area contributed by atoms with E-state index in [9.17, 15) is 14.4 Å². The number of hydrogen-bond donors (Lipinski definition) is 1. The number of Topliss-reactive ketones (excluding diaryl/α,β-unsaturated/α-hetero) is 1. The molecule has 0 spiro atoms. The molecule has 0 unspecified atom stereocenters. The Morgan fingerprint density at radius 3 is 2.19 bits per heavy atom. The van der Waals surface area contributed by atoms with Crippen LogP contribution >= 0.6 is 0 Å². The fraction of sp³-hybridized carbons (Fsp3) is 0.550. The van der Waals surface area contributed by atoms with E-state index < -0.39 is 23.8 Å². The van der Waals surface area contributed by atoms with E-state index in [1.54, 1.807) is 27.7 Å². The van der Waals surface area contributed by atoms with Crippen LogP contribution in [0.4, 0.5) is 4.79 Å². The lowest BCUT2D eigenvalue weighted by atomic mass is 9.96. The molecule has 0 aliphatic carbocycles. The molecule has 0 aromatic heterocycles. The Morgan fingerprint density at radius 2 is 1.62 bits per heavy atom. The minimum atomic E-state index is -0.884. The van der Waals surface area contributed by atoms with Crippen LogP contribution in [0.25, 0.3) is 0 Å². The van der Waals surface area contributed by atoms with Crippen molar-refractivity contribution in [3.63, 3.8) is 0 Å². The Bertz CT molecular complexity index is 688. The molecule has 1 N–H and O–H groups in total. The van der Waals surface area contributed by atoms with Crippen molar-refractivity contribution >= 4 is 17.8 Å². The van der Waals surface area contributed by atoms with E-state index in [4.69, 9.17) is 9.47 Å². The number of ether oxygens (including phenoxy) is 2. The number of amides is 1. The molecule has 144 valence electrons. The molecule has 1 aromatic carbocycles.